The van der Waals surface area contributed by atoms with E-state index in [4.69, 9.17) is 5.11 Å². The van der Waals surface area contributed by atoms with Crippen molar-refractivity contribution in [2.24, 2.45) is 5.92 Å². The second-order valence-electron chi connectivity index (χ2n) is 4.29. The summed E-state index contributed by atoms with van der Waals surface area (Å²) in [5.41, 5.74) is 0. The minimum absolute atomic E-state index is 0.0160. The number of rotatable bonds is 9. The van der Waals surface area contributed by atoms with Crippen molar-refractivity contribution in [3.8, 4) is 0 Å². The molecule has 2 unspecified atom stereocenters. The van der Waals surface area contributed by atoms with Gasteiger partial charge in [-0.15, -0.1) is 0 Å². The lowest BCUT2D eigenvalue weighted by Crippen LogP contribution is -2.36. The summed E-state index contributed by atoms with van der Waals surface area (Å²) in [5, 5.41) is 12.1. The Morgan fingerprint density at radius 3 is 2.38 bits per heavy atom. The Hall–Kier alpha value is -0.130. The van der Waals surface area contributed by atoms with Crippen LogP contribution in [0.15, 0.2) is 0 Å². The minimum atomic E-state index is -2.90. The maximum atomic E-state index is 11.4. The van der Waals surface area contributed by atoms with Crippen molar-refractivity contribution in [1.82, 2.24) is 5.32 Å². The summed E-state index contributed by atoms with van der Waals surface area (Å²) in [6.45, 7) is 6.61. The zero-order valence-corrected chi connectivity index (χ0v) is 11.4. The Balaban J connectivity index is 3.92. The highest BCUT2D eigenvalue weighted by Crippen LogP contribution is 2.06. The Labute approximate surface area is 99.4 Å². The topological polar surface area (TPSA) is 66.4 Å². The first-order chi connectivity index (χ1) is 7.45. The Morgan fingerprint density at radius 2 is 1.94 bits per heavy atom. The Kier molecular flexibility index (Phi) is 7.97. The van der Waals surface area contributed by atoms with E-state index < -0.39 is 9.84 Å². The van der Waals surface area contributed by atoms with Crippen molar-refractivity contribution in [2.75, 3.05) is 24.7 Å². The standard InChI is InChI=1S/C11H25NO3S/c1-4-11(6-7-13)8-12-10(3)9-16(14,15)5-2/h10-13H,4-9H2,1-3H3. The molecule has 0 aromatic heterocycles. The maximum absolute atomic E-state index is 11.4. The van der Waals surface area contributed by atoms with E-state index in [2.05, 4.69) is 12.2 Å². The molecule has 0 radical (unpaired) electrons. The summed E-state index contributed by atoms with van der Waals surface area (Å²) in [5.74, 6) is 0.822. The van der Waals surface area contributed by atoms with E-state index in [0.29, 0.717) is 5.92 Å². The SMILES string of the molecule is CCC(CCO)CNC(C)CS(=O)(=O)CC. The number of hydrogen-bond acceptors (Lipinski definition) is 4. The van der Waals surface area contributed by atoms with E-state index in [9.17, 15) is 8.42 Å². The van der Waals surface area contributed by atoms with E-state index in [1.165, 1.54) is 0 Å². The third-order valence-corrected chi connectivity index (χ3v) is 4.70. The molecule has 0 aliphatic carbocycles. The van der Waals surface area contributed by atoms with Crippen LogP contribution in [0.1, 0.15) is 33.6 Å². The molecule has 2 atom stereocenters. The van der Waals surface area contributed by atoms with Crippen LogP contribution in [0.25, 0.3) is 0 Å². The number of aliphatic hydroxyl groups is 1. The van der Waals surface area contributed by atoms with Crippen LogP contribution in [0, 0.1) is 5.92 Å². The highest BCUT2D eigenvalue weighted by atomic mass is 32.2. The molecule has 0 bridgehead atoms. The fraction of sp³-hybridized carbons (Fsp3) is 1.00. The van der Waals surface area contributed by atoms with Gasteiger partial charge in [-0.05, 0) is 25.8 Å². The van der Waals surface area contributed by atoms with Crippen molar-refractivity contribution in [1.29, 1.82) is 0 Å². The smallest absolute Gasteiger partial charge is 0.151 e. The molecule has 0 heterocycles. The van der Waals surface area contributed by atoms with Gasteiger partial charge in [0, 0.05) is 18.4 Å². The fourth-order valence-corrected chi connectivity index (χ4v) is 2.67. The van der Waals surface area contributed by atoms with Crippen LogP contribution in [0.5, 0.6) is 0 Å². The van der Waals surface area contributed by atoms with Gasteiger partial charge in [0.1, 0.15) is 0 Å². The second kappa shape index (κ2) is 8.03. The Bertz CT molecular complexity index is 264. The summed E-state index contributed by atoms with van der Waals surface area (Å²) >= 11 is 0. The molecule has 5 heteroatoms. The van der Waals surface area contributed by atoms with Crippen LogP contribution in [-0.2, 0) is 9.84 Å². The van der Waals surface area contributed by atoms with E-state index in [-0.39, 0.29) is 24.2 Å². The second-order valence-corrected chi connectivity index (χ2v) is 6.69. The fourth-order valence-electron chi connectivity index (χ4n) is 1.56. The molecule has 0 saturated carbocycles. The normalized spacial score (nSPS) is 16.0. The summed E-state index contributed by atoms with van der Waals surface area (Å²) < 4.78 is 22.7. The predicted octanol–water partition coefficient (Wildman–Crippen LogP) is 0.808. The van der Waals surface area contributed by atoms with Crippen LogP contribution < -0.4 is 5.32 Å². The van der Waals surface area contributed by atoms with Gasteiger partial charge >= 0.3 is 0 Å². The van der Waals surface area contributed by atoms with Crippen LogP contribution in [0.3, 0.4) is 0 Å². The minimum Gasteiger partial charge on any atom is -0.396 e. The first kappa shape index (κ1) is 15.9. The molecule has 4 nitrogen and oxygen atoms in total. The van der Waals surface area contributed by atoms with Crippen LogP contribution in [0.2, 0.25) is 0 Å². The lowest BCUT2D eigenvalue weighted by Gasteiger charge is -2.18. The molecule has 2 N–H and O–H groups in total. The number of sulfone groups is 1. The molecule has 0 aliphatic heterocycles. The van der Waals surface area contributed by atoms with Gasteiger partial charge in [0.25, 0.3) is 0 Å². The molecule has 0 fully saturated rings. The largest absolute Gasteiger partial charge is 0.396 e. The van der Waals surface area contributed by atoms with Gasteiger partial charge in [-0.3, -0.25) is 0 Å². The molecular formula is C11H25NO3S. The number of aliphatic hydroxyl groups excluding tert-OH is 1. The van der Waals surface area contributed by atoms with Gasteiger partial charge in [0.2, 0.25) is 0 Å². The number of hydrogen-bond donors (Lipinski definition) is 2. The molecule has 0 aliphatic rings. The first-order valence-electron chi connectivity index (χ1n) is 5.99. The number of nitrogens with one attached hydrogen (secondary N) is 1. The first-order valence-corrected chi connectivity index (χ1v) is 7.82. The molecule has 0 rings (SSSR count). The summed E-state index contributed by atoms with van der Waals surface area (Å²) in [7, 11) is -2.90. The zero-order valence-electron chi connectivity index (χ0n) is 10.6. The van der Waals surface area contributed by atoms with E-state index in [0.717, 1.165) is 19.4 Å². The van der Waals surface area contributed by atoms with Crippen molar-refractivity contribution < 1.29 is 13.5 Å². The van der Waals surface area contributed by atoms with E-state index >= 15 is 0 Å². The van der Waals surface area contributed by atoms with E-state index in [1.807, 2.05) is 6.92 Å². The molecule has 0 aromatic rings. The van der Waals surface area contributed by atoms with Gasteiger partial charge < -0.3 is 10.4 Å². The zero-order chi connectivity index (χ0) is 12.6. The lowest BCUT2D eigenvalue weighted by atomic mass is 10.0. The molecule has 98 valence electrons. The van der Waals surface area contributed by atoms with Gasteiger partial charge in [0.15, 0.2) is 9.84 Å². The van der Waals surface area contributed by atoms with Crippen molar-refractivity contribution in [2.45, 2.75) is 39.7 Å². The lowest BCUT2D eigenvalue weighted by molar-refractivity contribution is 0.249. The monoisotopic (exact) mass is 251 g/mol. The molecular weight excluding hydrogens is 226 g/mol. The third kappa shape index (κ3) is 7.19. The highest BCUT2D eigenvalue weighted by molar-refractivity contribution is 7.91. The molecule has 16 heavy (non-hydrogen) atoms. The summed E-state index contributed by atoms with van der Waals surface area (Å²) in [6, 6.07) is -0.0160. The Morgan fingerprint density at radius 1 is 1.31 bits per heavy atom. The van der Waals surface area contributed by atoms with Crippen LogP contribution in [0.4, 0.5) is 0 Å². The van der Waals surface area contributed by atoms with Crippen molar-refractivity contribution >= 4 is 9.84 Å². The van der Waals surface area contributed by atoms with Crippen molar-refractivity contribution in [3.05, 3.63) is 0 Å². The van der Waals surface area contributed by atoms with Crippen molar-refractivity contribution in [3.63, 3.8) is 0 Å². The van der Waals surface area contributed by atoms with Gasteiger partial charge in [-0.1, -0.05) is 20.3 Å². The average Bonchev–Trinajstić information content (AvgIpc) is 2.23. The maximum Gasteiger partial charge on any atom is 0.151 e. The molecule has 0 aromatic carbocycles. The van der Waals surface area contributed by atoms with E-state index in [1.54, 1.807) is 6.92 Å². The molecule has 0 saturated heterocycles. The highest BCUT2D eigenvalue weighted by Gasteiger charge is 2.14. The van der Waals surface area contributed by atoms with Gasteiger partial charge in [-0.2, -0.15) is 0 Å². The third-order valence-electron chi connectivity index (χ3n) is 2.81. The average molecular weight is 251 g/mol. The van der Waals surface area contributed by atoms with Gasteiger partial charge in [-0.25, -0.2) is 8.42 Å². The van der Waals surface area contributed by atoms with Crippen LogP contribution >= 0.6 is 0 Å². The quantitative estimate of drug-likeness (QED) is 0.636. The predicted molar refractivity (Wildman–Crippen MR) is 67.3 cm³/mol. The summed E-state index contributed by atoms with van der Waals surface area (Å²) in [4.78, 5) is 0. The molecule has 0 spiro atoms. The van der Waals surface area contributed by atoms with Gasteiger partial charge in [0.05, 0.1) is 5.75 Å². The summed E-state index contributed by atoms with van der Waals surface area (Å²) in [6.07, 6.45) is 1.78. The molecule has 0 amide bonds. The van der Waals surface area contributed by atoms with Crippen LogP contribution in [-0.4, -0.2) is 44.2 Å².